The van der Waals surface area contributed by atoms with Gasteiger partial charge < -0.3 is 5.73 Å². The maximum Gasteiger partial charge on any atom is 0.221 e. The summed E-state index contributed by atoms with van der Waals surface area (Å²) in [5, 5.41) is 6.80. The average molecular weight is 227 g/mol. The first-order valence-electron chi connectivity index (χ1n) is 5.30. The van der Waals surface area contributed by atoms with Crippen LogP contribution in [0.2, 0.25) is 0 Å². The predicted octanol–water partition coefficient (Wildman–Crippen LogP) is 1.97. The van der Waals surface area contributed by atoms with Crippen molar-refractivity contribution in [1.29, 1.82) is 0 Å². The van der Waals surface area contributed by atoms with Crippen LogP contribution in [0.15, 0.2) is 42.6 Å². The highest BCUT2D eigenvalue weighted by atomic mass is 16.1. The highest BCUT2D eigenvalue weighted by molar-refractivity contribution is 5.76. The number of hydrogen-bond acceptors (Lipinski definition) is 2. The number of H-pyrrole nitrogens is 1. The number of aromatic nitrogens is 2. The number of nitrogens with one attached hydrogen (secondary N) is 1. The molecule has 4 nitrogen and oxygen atoms in total. The first-order chi connectivity index (χ1) is 8.25. The number of primary amides is 1. The zero-order chi connectivity index (χ0) is 12.1. The van der Waals surface area contributed by atoms with Crippen LogP contribution >= 0.6 is 0 Å². The highest BCUT2D eigenvalue weighted by Gasteiger charge is 1.97. The van der Waals surface area contributed by atoms with Gasteiger partial charge in [-0.05, 0) is 17.2 Å². The summed E-state index contributed by atoms with van der Waals surface area (Å²) in [6.45, 7) is 0. The molecule has 0 spiro atoms. The van der Waals surface area contributed by atoms with E-state index in [-0.39, 0.29) is 12.3 Å². The zero-order valence-corrected chi connectivity index (χ0v) is 9.26. The van der Waals surface area contributed by atoms with Crippen molar-refractivity contribution in [3.05, 3.63) is 48.2 Å². The Kier molecular flexibility index (Phi) is 3.35. The number of rotatable bonds is 4. The van der Waals surface area contributed by atoms with Crippen LogP contribution in [-0.4, -0.2) is 16.1 Å². The smallest absolute Gasteiger partial charge is 0.221 e. The van der Waals surface area contributed by atoms with Crippen molar-refractivity contribution in [2.24, 2.45) is 5.73 Å². The van der Waals surface area contributed by atoms with E-state index >= 15 is 0 Å². The van der Waals surface area contributed by atoms with Crippen molar-refractivity contribution in [2.75, 3.05) is 0 Å². The van der Waals surface area contributed by atoms with Gasteiger partial charge in [-0.1, -0.05) is 36.4 Å². The number of nitrogens with zero attached hydrogens (tertiary/aromatic N) is 1. The minimum Gasteiger partial charge on any atom is -0.369 e. The van der Waals surface area contributed by atoms with E-state index in [2.05, 4.69) is 10.2 Å². The SMILES string of the molecule is NC(=O)CC=Cc1ccc(-c2ccn[nH]2)cc1. The molecule has 1 amide bonds. The third-order valence-corrected chi connectivity index (χ3v) is 2.35. The van der Waals surface area contributed by atoms with Crippen LogP contribution in [-0.2, 0) is 4.79 Å². The van der Waals surface area contributed by atoms with Crippen LogP contribution in [0.4, 0.5) is 0 Å². The molecule has 17 heavy (non-hydrogen) atoms. The Morgan fingerprint density at radius 1 is 1.29 bits per heavy atom. The highest BCUT2D eigenvalue weighted by Crippen LogP contribution is 2.17. The van der Waals surface area contributed by atoms with Crippen molar-refractivity contribution in [2.45, 2.75) is 6.42 Å². The normalized spacial score (nSPS) is 10.8. The van der Waals surface area contributed by atoms with Crippen molar-refractivity contribution < 1.29 is 4.79 Å². The Morgan fingerprint density at radius 2 is 2.06 bits per heavy atom. The molecule has 0 saturated heterocycles. The molecule has 0 aliphatic heterocycles. The quantitative estimate of drug-likeness (QED) is 0.838. The van der Waals surface area contributed by atoms with E-state index in [1.54, 1.807) is 12.3 Å². The van der Waals surface area contributed by atoms with Crippen molar-refractivity contribution in [3.63, 3.8) is 0 Å². The van der Waals surface area contributed by atoms with E-state index < -0.39 is 0 Å². The third kappa shape index (κ3) is 3.04. The summed E-state index contributed by atoms with van der Waals surface area (Å²) in [5.74, 6) is -0.324. The molecule has 0 aliphatic rings. The van der Waals surface area contributed by atoms with Gasteiger partial charge >= 0.3 is 0 Å². The van der Waals surface area contributed by atoms with Gasteiger partial charge in [0.15, 0.2) is 0 Å². The number of aromatic amines is 1. The number of amides is 1. The lowest BCUT2D eigenvalue weighted by molar-refractivity contribution is -0.117. The van der Waals surface area contributed by atoms with Crippen molar-refractivity contribution in [1.82, 2.24) is 10.2 Å². The second-order valence-corrected chi connectivity index (χ2v) is 3.67. The number of hydrogen-bond donors (Lipinski definition) is 2. The van der Waals surface area contributed by atoms with Crippen LogP contribution in [0.5, 0.6) is 0 Å². The Labute approximate surface area is 99.2 Å². The summed E-state index contributed by atoms with van der Waals surface area (Å²) in [4.78, 5) is 10.6. The van der Waals surface area contributed by atoms with Gasteiger partial charge in [0.2, 0.25) is 5.91 Å². The van der Waals surface area contributed by atoms with Gasteiger partial charge in [-0.2, -0.15) is 5.10 Å². The molecule has 0 fully saturated rings. The molecule has 2 rings (SSSR count). The summed E-state index contributed by atoms with van der Waals surface area (Å²) >= 11 is 0. The van der Waals surface area contributed by atoms with E-state index in [4.69, 9.17) is 5.73 Å². The van der Waals surface area contributed by atoms with E-state index in [1.807, 2.05) is 36.4 Å². The molecular formula is C13H13N3O. The van der Waals surface area contributed by atoms with Crippen molar-refractivity contribution >= 4 is 12.0 Å². The molecule has 0 atom stereocenters. The van der Waals surface area contributed by atoms with Crippen LogP contribution in [0, 0.1) is 0 Å². The number of carbonyl (C=O) groups is 1. The molecule has 1 aromatic heterocycles. The monoisotopic (exact) mass is 227 g/mol. The lowest BCUT2D eigenvalue weighted by Crippen LogP contribution is -2.07. The Hall–Kier alpha value is -2.36. The van der Waals surface area contributed by atoms with Crippen LogP contribution < -0.4 is 5.73 Å². The standard InChI is InChI=1S/C13H13N3O/c14-13(17)3-1-2-10-4-6-11(7-5-10)12-8-9-15-16-12/h1-2,4-9H,3H2,(H2,14,17)(H,15,16). The van der Waals surface area contributed by atoms with Crippen molar-refractivity contribution in [3.8, 4) is 11.3 Å². The molecule has 0 bridgehead atoms. The number of carbonyl (C=O) groups excluding carboxylic acids is 1. The first kappa shape index (κ1) is 11.1. The van der Waals surface area contributed by atoms with E-state index in [0.717, 1.165) is 16.8 Å². The molecule has 4 heteroatoms. The van der Waals surface area contributed by atoms with Gasteiger partial charge in [0.1, 0.15) is 0 Å². The van der Waals surface area contributed by atoms with E-state index in [0.29, 0.717) is 0 Å². The van der Waals surface area contributed by atoms with Gasteiger partial charge in [0.25, 0.3) is 0 Å². The zero-order valence-electron chi connectivity index (χ0n) is 9.26. The number of nitrogens with two attached hydrogens (primary N) is 1. The third-order valence-electron chi connectivity index (χ3n) is 2.35. The fourth-order valence-corrected chi connectivity index (χ4v) is 1.50. The Morgan fingerprint density at radius 3 is 2.65 bits per heavy atom. The van der Waals surface area contributed by atoms with Gasteiger partial charge in [-0.25, -0.2) is 0 Å². The summed E-state index contributed by atoms with van der Waals surface area (Å²) in [5.41, 5.74) is 8.14. The van der Waals surface area contributed by atoms with Crippen LogP contribution in [0.3, 0.4) is 0 Å². The molecule has 2 aromatic rings. The maximum atomic E-state index is 10.6. The summed E-state index contributed by atoms with van der Waals surface area (Å²) in [6.07, 6.45) is 5.62. The molecule has 1 aromatic carbocycles. The molecule has 0 saturated carbocycles. The molecule has 0 aliphatic carbocycles. The fraction of sp³-hybridized carbons (Fsp3) is 0.0769. The minimum atomic E-state index is -0.324. The van der Waals surface area contributed by atoms with Gasteiger partial charge in [0.05, 0.1) is 5.69 Å². The Bertz CT molecular complexity index is 512. The Balaban J connectivity index is 2.08. The van der Waals surface area contributed by atoms with E-state index in [1.165, 1.54) is 0 Å². The van der Waals surface area contributed by atoms with Gasteiger partial charge in [0, 0.05) is 12.6 Å². The molecular weight excluding hydrogens is 214 g/mol. The second-order valence-electron chi connectivity index (χ2n) is 3.67. The topological polar surface area (TPSA) is 71.8 Å². The van der Waals surface area contributed by atoms with Gasteiger partial charge in [-0.15, -0.1) is 0 Å². The van der Waals surface area contributed by atoms with Crippen LogP contribution in [0.1, 0.15) is 12.0 Å². The largest absolute Gasteiger partial charge is 0.369 e. The van der Waals surface area contributed by atoms with E-state index in [9.17, 15) is 4.79 Å². The molecule has 0 unspecified atom stereocenters. The van der Waals surface area contributed by atoms with Crippen LogP contribution in [0.25, 0.3) is 17.3 Å². The molecule has 0 radical (unpaired) electrons. The number of benzene rings is 1. The average Bonchev–Trinajstić information content (AvgIpc) is 2.83. The minimum absolute atomic E-state index is 0.266. The summed E-state index contributed by atoms with van der Waals surface area (Å²) in [6, 6.07) is 9.87. The molecule has 3 N–H and O–H groups in total. The maximum absolute atomic E-state index is 10.6. The molecule has 1 heterocycles. The summed E-state index contributed by atoms with van der Waals surface area (Å²) < 4.78 is 0. The second kappa shape index (κ2) is 5.12. The predicted molar refractivity (Wildman–Crippen MR) is 66.9 cm³/mol. The lowest BCUT2D eigenvalue weighted by atomic mass is 10.1. The fourth-order valence-electron chi connectivity index (χ4n) is 1.50. The van der Waals surface area contributed by atoms with Gasteiger partial charge in [-0.3, -0.25) is 9.89 Å². The summed E-state index contributed by atoms with van der Waals surface area (Å²) in [7, 11) is 0. The first-order valence-corrected chi connectivity index (χ1v) is 5.30. The lowest BCUT2D eigenvalue weighted by Gasteiger charge is -1.98. The molecule has 86 valence electrons.